The van der Waals surface area contributed by atoms with Crippen molar-refractivity contribution in [2.24, 2.45) is 0 Å². The van der Waals surface area contributed by atoms with Crippen molar-refractivity contribution in [2.75, 3.05) is 27.2 Å². The Morgan fingerprint density at radius 2 is 1.82 bits per heavy atom. The molecule has 0 unspecified atom stereocenters. The second kappa shape index (κ2) is 9.43. The lowest BCUT2D eigenvalue weighted by atomic mass is 10.6. The highest BCUT2D eigenvalue weighted by Crippen LogP contribution is 1.79. The van der Waals surface area contributed by atoms with E-state index in [0.29, 0.717) is 13.2 Å². The van der Waals surface area contributed by atoms with Gasteiger partial charge >= 0.3 is 5.97 Å². The fourth-order valence-corrected chi connectivity index (χ4v) is 0.465. The van der Waals surface area contributed by atoms with Crippen LogP contribution in [0.4, 0.5) is 0 Å². The molecule has 0 rings (SSSR count). The number of hydrogen-bond acceptors (Lipinski definition) is 3. The van der Waals surface area contributed by atoms with E-state index in [1.54, 1.807) is 11.8 Å². The van der Waals surface area contributed by atoms with E-state index >= 15 is 0 Å². The van der Waals surface area contributed by atoms with Gasteiger partial charge in [-0.05, 0) is 21.0 Å². The number of esters is 1. The molecule has 0 aromatic carbocycles. The van der Waals surface area contributed by atoms with Crippen molar-refractivity contribution < 1.29 is 9.53 Å². The molecule has 0 aliphatic rings. The lowest BCUT2D eigenvalue weighted by Gasteiger charge is -2.06. The van der Waals surface area contributed by atoms with Gasteiger partial charge in [0.15, 0.2) is 0 Å². The monoisotopic (exact) mass is 161 g/mol. The Morgan fingerprint density at radius 1 is 1.36 bits per heavy atom. The van der Waals surface area contributed by atoms with E-state index in [1.807, 2.05) is 27.9 Å². The minimum absolute atomic E-state index is 0.164. The maximum absolute atomic E-state index is 10.6. The standard InChI is InChI=1S/C6H13NO2.C2H6/c1-4-9-6(8)5-7(2)3;1-2/h4-5H2,1-3H3;1-2H3. The zero-order chi connectivity index (χ0) is 9.28. The van der Waals surface area contributed by atoms with Crippen molar-refractivity contribution in [1.82, 2.24) is 4.90 Å². The molecule has 0 aliphatic carbocycles. The van der Waals surface area contributed by atoms with Crippen LogP contribution in [-0.4, -0.2) is 38.1 Å². The van der Waals surface area contributed by atoms with Gasteiger partial charge < -0.3 is 4.74 Å². The predicted octanol–water partition coefficient (Wildman–Crippen LogP) is 1.14. The summed E-state index contributed by atoms with van der Waals surface area (Å²) in [4.78, 5) is 12.4. The van der Waals surface area contributed by atoms with Crippen LogP contribution < -0.4 is 0 Å². The van der Waals surface area contributed by atoms with Crippen LogP contribution in [-0.2, 0) is 9.53 Å². The van der Waals surface area contributed by atoms with Gasteiger partial charge in [0.1, 0.15) is 0 Å². The fourth-order valence-electron chi connectivity index (χ4n) is 0.465. The van der Waals surface area contributed by atoms with Gasteiger partial charge in [0.05, 0.1) is 13.2 Å². The highest BCUT2D eigenvalue weighted by molar-refractivity contribution is 5.71. The lowest BCUT2D eigenvalue weighted by molar-refractivity contribution is -0.143. The van der Waals surface area contributed by atoms with Gasteiger partial charge in [-0.25, -0.2) is 0 Å². The molecule has 3 nitrogen and oxygen atoms in total. The number of nitrogens with zero attached hydrogens (tertiary/aromatic N) is 1. The Hall–Kier alpha value is -0.570. The molecule has 68 valence electrons. The molecule has 0 aliphatic heterocycles. The first-order valence-corrected chi connectivity index (χ1v) is 3.97. The number of hydrogen-bond donors (Lipinski definition) is 0. The summed E-state index contributed by atoms with van der Waals surface area (Å²) in [6.07, 6.45) is 0. The van der Waals surface area contributed by atoms with E-state index in [0.717, 1.165) is 0 Å². The van der Waals surface area contributed by atoms with Gasteiger partial charge in [0, 0.05) is 0 Å². The molecular formula is C8H19NO2. The average molecular weight is 161 g/mol. The van der Waals surface area contributed by atoms with Gasteiger partial charge in [-0.15, -0.1) is 0 Å². The molecule has 0 radical (unpaired) electrons. The minimum Gasteiger partial charge on any atom is -0.465 e. The molecule has 0 aromatic heterocycles. The number of rotatable bonds is 3. The highest BCUT2D eigenvalue weighted by atomic mass is 16.5. The average Bonchev–Trinajstić information content (AvgIpc) is 1.91. The fraction of sp³-hybridized carbons (Fsp3) is 0.875. The lowest BCUT2D eigenvalue weighted by Crippen LogP contribution is -2.23. The minimum atomic E-state index is -0.164. The Bertz CT molecular complexity index is 92.1. The number of ether oxygens (including phenoxy) is 1. The van der Waals surface area contributed by atoms with Gasteiger partial charge in [0.25, 0.3) is 0 Å². The van der Waals surface area contributed by atoms with Crippen LogP contribution in [0.15, 0.2) is 0 Å². The molecule has 0 aromatic rings. The third-order valence-corrected chi connectivity index (χ3v) is 0.751. The van der Waals surface area contributed by atoms with Crippen LogP contribution in [0.25, 0.3) is 0 Å². The SMILES string of the molecule is CC.CCOC(=O)CN(C)C. The molecule has 0 fully saturated rings. The second-order valence-electron chi connectivity index (χ2n) is 2.04. The van der Waals surface area contributed by atoms with Crippen LogP contribution in [0, 0.1) is 0 Å². The maximum Gasteiger partial charge on any atom is 0.320 e. The largest absolute Gasteiger partial charge is 0.465 e. The van der Waals surface area contributed by atoms with Crippen molar-refractivity contribution in [1.29, 1.82) is 0 Å². The number of carbonyl (C=O) groups is 1. The Kier molecular flexibility index (Phi) is 11.2. The van der Waals surface area contributed by atoms with Gasteiger partial charge in [0.2, 0.25) is 0 Å². The summed E-state index contributed by atoms with van der Waals surface area (Å²) >= 11 is 0. The smallest absolute Gasteiger partial charge is 0.320 e. The molecule has 0 spiro atoms. The summed E-state index contributed by atoms with van der Waals surface area (Å²) in [5.74, 6) is -0.164. The van der Waals surface area contributed by atoms with E-state index < -0.39 is 0 Å². The zero-order valence-electron chi connectivity index (χ0n) is 8.18. The first-order chi connectivity index (χ1) is 5.16. The van der Waals surface area contributed by atoms with Crippen LogP contribution in [0.1, 0.15) is 20.8 Å². The predicted molar refractivity (Wildman–Crippen MR) is 46.5 cm³/mol. The molecule has 3 heteroatoms. The summed E-state index contributed by atoms with van der Waals surface area (Å²) in [5, 5.41) is 0. The van der Waals surface area contributed by atoms with Crippen LogP contribution >= 0.6 is 0 Å². The number of likely N-dealkylation sites (N-methyl/N-ethyl adjacent to an activating group) is 1. The van der Waals surface area contributed by atoms with E-state index in [-0.39, 0.29) is 5.97 Å². The topological polar surface area (TPSA) is 29.5 Å². The van der Waals surface area contributed by atoms with E-state index in [4.69, 9.17) is 0 Å². The van der Waals surface area contributed by atoms with Gasteiger partial charge in [-0.1, -0.05) is 13.8 Å². The number of carbonyl (C=O) groups excluding carboxylic acids is 1. The highest BCUT2D eigenvalue weighted by Gasteiger charge is 2.00. The Balaban J connectivity index is 0. The van der Waals surface area contributed by atoms with Crippen LogP contribution in [0.5, 0.6) is 0 Å². The normalized spacial score (nSPS) is 8.55. The Labute approximate surface area is 69.3 Å². The third-order valence-electron chi connectivity index (χ3n) is 0.751. The molecular weight excluding hydrogens is 142 g/mol. The molecule has 0 amide bonds. The molecule has 0 saturated heterocycles. The van der Waals surface area contributed by atoms with Crippen molar-refractivity contribution in [2.45, 2.75) is 20.8 Å². The molecule has 0 N–H and O–H groups in total. The third kappa shape index (κ3) is 12.6. The van der Waals surface area contributed by atoms with Crippen molar-refractivity contribution in [3.63, 3.8) is 0 Å². The second-order valence-corrected chi connectivity index (χ2v) is 2.04. The van der Waals surface area contributed by atoms with Crippen molar-refractivity contribution in [3.05, 3.63) is 0 Å². The summed E-state index contributed by atoms with van der Waals surface area (Å²) in [5.41, 5.74) is 0. The van der Waals surface area contributed by atoms with Crippen LogP contribution in [0.2, 0.25) is 0 Å². The van der Waals surface area contributed by atoms with Crippen molar-refractivity contribution >= 4 is 5.97 Å². The first kappa shape index (κ1) is 13.1. The summed E-state index contributed by atoms with van der Waals surface area (Å²) in [6, 6.07) is 0. The summed E-state index contributed by atoms with van der Waals surface area (Å²) in [6.45, 7) is 6.63. The Morgan fingerprint density at radius 3 is 2.09 bits per heavy atom. The van der Waals surface area contributed by atoms with E-state index in [2.05, 4.69) is 4.74 Å². The molecule has 0 heterocycles. The molecule has 0 saturated carbocycles. The zero-order valence-corrected chi connectivity index (χ0v) is 8.18. The summed E-state index contributed by atoms with van der Waals surface area (Å²) < 4.78 is 4.67. The first-order valence-electron chi connectivity index (χ1n) is 3.97. The van der Waals surface area contributed by atoms with Crippen LogP contribution in [0.3, 0.4) is 0 Å². The molecule has 0 atom stereocenters. The van der Waals surface area contributed by atoms with E-state index in [9.17, 15) is 4.79 Å². The maximum atomic E-state index is 10.6. The quantitative estimate of drug-likeness (QED) is 0.581. The van der Waals surface area contributed by atoms with Gasteiger partial charge in [-0.3, -0.25) is 9.69 Å². The molecule has 0 bridgehead atoms. The molecule has 11 heavy (non-hydrogen) atoms. The van der Waals surface area contributed by atoms with E-state index in [1.165, 1.54) is 0 Å². The van der Waals surface area contributed by atoms with Gasteiger partial charge in [-0.2, -0.15) is 0 Å². The summed E-state index contributed by atoms with van der Waals surface area (Å²) in [7, 11) is 3.66. The van der Waals surface area contributed by atoms with Crippen molar-refractivity contribution in [3.8, 4) is 0 Å².